The molecule has 0 aromatic carbocycles. The van der Waals surface area contributed by atoms with Crippen LogP contribution in [-0.2, 0) is 0 Å². The van der Waals surface area contributed by atoms with Gasteiger partial charge in [-0.2, -0.15) is 0 Å². The van der Waals surface area contributed by atoms with Crippen molar-refractivity contribution in [3.05, 3.63) is 22.4 Å². The number of rotatable bonds is 4. The molecule has 2 rings (SSSR count). The van der Waals surface area contributed by atoms with Crippen LogP contribution in [0.3, 0.4) is 0 Å². The molecule has 0 spiro atoms. The Morgan fingerprint density at radius 2 is 2.11 bits per heavy atom. The van der Waals surface area contributed by atoms with E-state index in [1.165, 1.54) is 19.3 Å². The Morgan fingerprint density at radius 3 is 2.72 bits per heavy atom. The average molecular weight is 315 g/mol. The number of halogens is 1. The molecule has 1 aliphatic rings. The van der Waals surface area contributed by atoms with Gasteiger partial charge in [0, 0.05) is 23.3 Å². The summed E-state index contributed by atoms with van der Waals surface area (Å²) in [6.07, 6.45) is 5.69. The molecule has 1 N–H and O–H groups in total. The molecule has 0 bridgehead atoms. The molecule has 4 nitrogen and oxygen atoms in total. The van der Waals surface area contributed by atoms with Gasteiger partial charge in [0.15, 0.2) is 0 Å². The van der Waals surface area contributed by atoms with Crippen LogP contribution in [0.5, 0.6) is 0 Å². The fourth-order valence-corrected chi connectivity index (χ4v) is 3.02. The SMILES string of the molecule is CC(CN1CCCCC1)n1cc(Br)cc1C(=O)O. The molecule has 1 aromatic rings. The van der Waals surface area contributed by atoms with Gasteiger partial charge in [0.2, 0.25) is 0 Å². The first-order valence-electron chi connectivity index (χ1n) is 6.41. The van der Waals surface area contributed by atoms with Crippen LogP contribution >= 0.6 is 15.9 Å². The molecule has 0 aliphatic carbocycles. The number of carboxylic acids is 1. The summed E-state index contributed by atoms with van der Waals surface area (Å²) < 4.78 is 2.67. The summed E-state index contributed by atoms with van der Waals surface area (Å²) in [5, 5.41) is 9.18. The third-order valence-corrected chi connectivity index (χ3v) is 3.91. The lowest BCUT2D eigenvalue weighted by atomic mass is 10.1. The van der Waals surface area contributed by atoms with E-state index in [2.05, 4.69) is 27.8 Å². The van der Waals surface area contributed by atoms with Crippen molar-refractivity contribution in [2.45, 2.75) is 32.2 Å². The Kier molecular flexibility index (Phi) is 4.45. The third-order valence-electron chi connectivity index (χ3n) is 3.48. The van der Waals surface area contributed by atoms with Crippen molar-refractivity contribution in [2.24, 2.45) is 0 Å². The number of likely N-dealkylation sites (tertiary alicyclic amines) is 1. The highest BCUT2D eigenvalue weighted by Crippen LogP contribution is 2.21. The minimum atomic E-state index is -0.869. The lowest BCUT2D eigenvalue weighted by Gasteiger charge is -2.30. The molecular weight excluding hydrogens is 296 g/mol. The fraction of sp³-hybridized carbons (Fsp3) is 0.615. The molecule has 0 radical (unpaired) electrons. The highest BCUT2D eigenvalue weighted by molar-refractivity contribution is 9.10. The van der Waals surface area contributed by atoms with Crippen LogP contribution in [0.1, 0.15) is 42.7 Å². The first-order chi connectivity index (χ1) is 8.58. The number of piperidine rings is 1. The van der Waals surface area contributed by atoms with E-state index in [1.807, 2.05) is 10.8 Å². The lowest BCUT2D eigenvalue weighted by molar-refractivity contribution is 0.0681. The van der Waals surface area contributed by atoms with E-state index >= 15 is 0 Å². The van der Waals surface area contributed by atoms with Crippen molar-refractivity contribution in [3.8, 4) is 0 Å². The van der Waals surface area contributed by atoms with Crippen LogP contribution in [0.15, 0.2) is 16.7 Å². The first kappa shape index (κ1) is 13.6. The molecule has 1 unspecified atom stereocenters. The summed E-state index contributed by atoms with van der Waals surface area (Å²) in [5.74, 6) is -0.869. The van der Waals surface area contributed by atoms with Crippen molar-refractivity contribution in [1.29, 1.82) is 0 Å². The summed E-state index contributed by atoms with van der Waals surface area (Å²) in [6.45, 7) is 5.26. The van der Waals surface area contributed by atoms with Gasteiger partial charge in [-0.15, -0.1) is 0 Å². The third kappa shape index (κ3) is 3.14. The Balaban J connectivity index is 2.07. The maximum atomic E-state index is 11.2. The maximum Gasteiger partial charge on any atom is 0.352 e. The molecule has 1 fully saturated rings. The molecule has 0 saturated carbocycles. The maximum absolute atomic E-state index is 11.2. The Morgan fingerprint density at radius 1 is 1.44 bits per heavy atom. The number of nitrogens with zero attached hydrogens (tertiary/aromatic N) is 2. The van der Waals surface area contributed by atoms with Gasteiger partial charge in [-0.05, 0) is 54.9 Å². The van der Waals surface area contributed by atoms with Gasteiger partial charge in [-0.3, -0.25) is 0 Å². The van der Waals surface area contributed by atoms with E-state index in [0.29, 0.717) is 5.69 Å². The highest BCUT2D eigenvalue weighted by Gasteiger charge is 2.19. The predicted octanol–water partition coefficient (Wildman–Crippen LogP) is 3.00. The topological polar surface area (TPSA) is 45.5 Å². The number of carboxylic acid groups (broad SMARTS) is 1. The molecule has 5 heteroatoms. The van der Waals surface area contributed by atoms with Gasteiger partial charge in [0.25, 0.3) is 0 Å². The smallest absolute Gasteiger partial charge is 0.352 e. The molecule has 18 heavy (non-hydrogen) atoms. The van der Waals surface area contributed by atoms with E-state index in [9.17, 15) is 9.90 Å². The van der Waals surface area contributed by atoms with Crippen LogP contribution in [0, 0.1) is 0 Å². The van der Waals surface area contributed by atoms with E-state index in [1.54, 1.807) is 6.07 Å². The largest absolute Gasteiger partial charge is 0.477 e. The highest BCUT2D eigenvalue weighted by atomic mass is 79.9. The van der Waals surface area contributed by atoms with Crippen molar-refractivity contribution >= 4 is 21.9 Å². The Bertz CT molecular complexity index is 425. The van der Waals surface area contributed by atoms with Crippen LogP contribution in [0.4, 0.5) is 0 Å². The molecule has 2 heterocycles. The number of carbonyl (C=O) groups is 1. The molecule has 1 aromatic heterocycles. The number of aromatic carboxylic acids is 1. The number of aromatic nitrogens is 1. The van der Waals surface area contributed by atoms with Crippen molar-refractivity contribution in [1.82, 2.24) is 9.47 Å². The van der Waals surface area contributed by atoms with Crippen molar-refractivity contribution in [2.75, 3.05) is 19.6 Å². The Hall–Kier alpha value is -0.810. The van der Waals surface area contributed by atoms with Crippen LogP contribution in [-0.4, -0.2) is 40.2 Å². The zero-order valence-electron chi connectivity index (χ0n) is 10.6. The molecule has 1 atom stereocenters. The molecule has 1 aliphatic heterocycles. The number of hydrogen-bond acceptors (Lipinski definition) is 2. The molecule has 100 valence electrons. The van der Waals surface area contributed by atoms with Gasteiger partial charge >= 0.3 is 5.97 Å². The second-order valence-electron chi connectivity index (χ2n) is 4.97. The summed E-state index contributed by atoms with van der Waals surface area (Å²) in [4.78, 5) is 13.6. The van der Waals surface area contributed by atoms with Crippen molar-refractivity contribution in [3.63, 3.8) is 0 Å². The van der Waals surface area contributed by atoms with Crippen LogP contribution in [0.25, 0.3) is 0 Å². The van der Waals surface area contributed by atoms with E-state index in [4.69, 9.17) is 0 Å². The standard InChI is InChI=1S/C13H19BrN2O2/c1-10(8-15-5-3-2-4-6-15)16-9-11(14)7-12(16)13(17)18/h7,9-10H,2-6,8H2,1H3,(H,17,18). The fourth-order valence-electron chi connectivity index (χ4n) is 2.59. The van der Waals surface area contributed by atoms with Crippen LogP contribution in [0.2, 0.25) is 0 Å². The van der Waals surface area contributed by atoms with Gasteiger partial charge in [0.1, 0.15) is 5.69 Å². The monoisotopic (exact) mass is 314 g/mol. The minimum Gasteiger partial charge on any atom is -0.477 e. The van der Waals surface area contributed by atoms with Gasteiger partial charge in [-0.1, -0.05) is 6.42 Å². The van der Waals surface area contributed by atoms with Gasteiger partial charge in [-0.25, -0.2) is 4.79 Å². The zero-order chi connectivity index (χ0) is 13.1. The second-order valence-corrected chi connectivity index (χ2v) is 5.88. The van der Waals surface area contributed by atoms with Crippen LogP contribution < -0.4 is 0 Å². The first-order valence-corrected chi connectivity index (χ1v) is 7.20. The van der Waals surface area contributed by atoms with E-state index in [0.717, 1.165) is 24.1 Å². The predicted molar refractivity (Wildman–Crippen MR) is 74.1 cm³/mol. The summed E-state index contributed by atoms with van der Waals surface area (Å²) in [6, 6.07) is 1.84. The minimum absolute atomic E-state index is 0.181. The van der Waals surface area contributed by atoms with Gasteiger partial charge < -0.3 is 14.6 Å². The van der Waals surface area contributed by atoms with E-state index in [-0.39, 0.29) is 6.04 Å². The molecule has 1 saturated heterocycles. The normalized spacial score (nSPS) is 18.8. The molecular formula is C13H19BrN2O2. The lowest BCUT2D eigenvalue weighted by Crippen LogP contribution is -2.34. The summed E-state index contributed by atoms with van der Waals surface area (Å²) in [7, 11) is 0. The van der Waals surface area contributed by atoms with Crippen molar-refractivity contribution < 1.29 is 9.90 Å². The molecule has 0 amide bonds. The van der Waals surface area contributed by atoms with Gasteiger partial charge in [0.05, 0.1) is 0 Å². The summed E-state index contributed by atoms with van der Waals surface area (Å²) >= 11 is 3.35. The quantitative estimate of drug-likeness (QED) is 0.929. The Labute approximate surface area is 116 Å². The summed E-state index contributed by atoms with van der Waals surface area (Å²) in [5.41, 5.74) is 0.353. The zero-order valence-corrected chi connectivity index (χ0v) is 12.2. The number of hydrogen-bond donors (Lipinski definition) is 1. The van der Waals surface area contributed by atoms with E-state index < -0.39 is 5.97 Å². The average Bonchev–Trinajstić information content (AvgIpc) is 2.73. The second kappa shape index (κ2) is 5.89.